The molecular formula is C12H21NO3. The molecule has 2 fully saturated rings. The third-order valence-corrected chi connectivity index (χ3v) is 4.18. The first kappa shape index (κ1) is 11.9. The number of hydrogen-bond donors (Lipinski definition) is 1. The van der Waals surface area contributed by atoms with Gasteiger partial charge in [-0.1, -0.05) is 6.42 Å². The molecule has 2 aliphatic rings. The highest BCUT2D eigenvalue weighted by Crippen LogP contribution is 2.48. The van der Waals surface area contributed by atoms with Crippen molar-refractivity contribution in [3.63, 3.8) is 0 Å². The van der Waals surface area contributed by atoms with Crippen molar-refractivity contribution in [2.45, 2.75) is 25.7 Å². The number of hydrogen-bond acceptors (Lipinski definition) is 3. The maximum absolute atomic E-state index is 10.6. The molecule has 1 N–H and O–H groups in total. The molecule has 1 heterocycles. The lowest BCUT2D eigenvalue weighted by Gasteiger charge is -2.27. The van der Waals surface area contributed by atoms with E-state index in [1.807, 2.05) is 0 Å². The van der Waals surface area contributed by atoms with Crippen molar-refractivity contribution in [1.29, 1.82) is 0 Å². The Morgan fingerprint density at radius 1 is 1.62 bits per heavy atom. The molecule has 0 amide bonds. The third-order valence-electron chi connectivity index (χ3n) is 4.18. The van der Waals surface area contributed by atoms with Gasteiger partial charge >= 0.3 is 5.97 Å². The Balaban J connectivity index is 1.91. The molecule has 2 atom stereocenters. The highest BCUT2D eigenvalue weighted by atomic mass is 16.5. The van der Waals surface area contributed by atoms with Gasteiger partial charge in [-0.15, -0.1) is 0 Å². The van der Waals surface area contributed by atoms with Gasteiger partial charge in [0.2, 0.25) is 0 Å². The molecule has 16 heavy (non-hydrogen) atoms. The Labute approximate surface area is 96.6 Å². The molecule has 1 aliphatic heterocycles. The van der Waals surface area contributed by atoms with Crippen LogP contribution in [-0.2, 0) is 9.53 Å². The fraction of sp³-hybridized carbons (Fsp3) is 0.917. The average Bonchev–Trinajstić information content (AvgIpc) is 2.71. The third kappa shape index (κ3) is 2.23. The maximum Gasteiger partial charge on any atom is 0.304 e. The smallest absolute Gasteiger partial charge is 0.304 e. The normalized spacial score (nSPS) is 34.2. The molecule has 0 radical (unpaired) electrons. The molecule has 0 aromatic rings. The van der Waals surface area contributed by atoms with Gasteiger partial charge in [0.1, 0.15) is 0 Å². The standard InChI is InChI=1S/C12H21NO3/c1-16-9-12-5-2-3-10(12)7-13(8-12)6-4-11(14)15/h10H,2-9H2,1H3,(H,14,15). The summed E-state index contributed by atoms with van der Waals surface area (Å²) in [6.07, 6.45) is 4.10. The van der Waals surface area contributed by atoms with Crippen LogP contribution in [0.25, 0.3) is 0 Å². The second-order valence-electron chi connectivity index (χ2n) is 5.26. The van der Waals surface area contributed by atoms with E-state index in [0.717, 1.165) is 25.6 Å². The first-order valence-electron chi connectivity index (χ1n) is 6.09. The monoisotopic (exact) mass is 227 g/mol. The van der Waals surface area contributed by atoms with Crippen LogP contribution in [0.1, 0.15) is 25.7 Å². The molecule has 0 aromatic carbocycles. The van der Waals surface area contributed by atoms with Crippen LogP contribution < -0.4 is 0 Å². The summed E-state index contributed by atoms with van der Waals surface area (Å²) in [5, 5.41) is 8.69. The molecule has 0 spiro atoms. The second kappa shape index (κ2) is 4.72. The molecule has 4 nitrogen and oxygen atoms in total. The molecule has 1 aliphatic carbocycles. The summed E-state index contributed by atoms with van der Waals surface area (Å²) >= 11 is 0. The van der Waals surface area contributed by atoms with Crippen LogP contribution in [-0.4, -0.2) is 49.3 Å². The zero-order valence-electron chi connectivity index (χ0n) is 9.95. The lowest BCUT2D eigenvalue weighted by atomic mass is 9.82. The minimum Gasteiger partial charge on any atom is -0.481 e. The van der Waals surface area contributed by atoms with Crippen LogP contribution in [0.4, 0.5) is 0 Å². The molecule has 0 bridgehead atoms. The minimum absolute atomic E-state index is 0.260. The number of aliphatic carboxylic acids is 1. The number of carbonyl (C=O) groups is 1. The molecular weight excluding hydrogens is 206 g/mol. The Bertz CT molecular complexity index is 269. The van der Waals surface area contributed by atoms with Gasteiger partial charge in [0.25, 0.3) is 0 Å². The Hall–Kier alpha value is -0.610. The molecule has 1 saturated heterocycles. The largest absolute Gasteiger partial charge is 0.481 e. The van der Waals surface area contributed by atoms with Gasteiger partial charge in [-0.3, -0.25) is 4.79 Å². The highest BCUT2D eigenvalue weighted by molar-refractivity contribution is 5.66. The molecule has 2 unspecified atom stereocenters. The summed E-state index contributed by atoms with van der Waals surface area (Å²) in [5.41, 5.74) is 0.327. The number of methoxy groups -OCH3 is 1. The van der Waals surface area contributed by atoms with Crippen molar-refractivity contribution in [1.82, 2.24) is 4.90 Å². The van der Waals surface area contributed by atoms with Gasteiger partial charge < -0.3 is 14.7 Å². The molecule has 0 aromatic heterocycles. The number of likely N-dealkylation sites (tertiary alicyclic amines) is 1. The first-order chi connectivity index (χ1) is 7.66. The van der Waals surface area contributed by atoms with Gasteiger partial charge in [0.05, 0.1) is 13.0 Å². The fourth-order valence-electron chi connectivity index (χ4n) is 3.47. The van der Waals surface area contributed by atoms with Crippen molar-refractivity contribution in [3.8, 4) is 0 Å². The van der Waals surface area contributed by atoms with Crippen LogP contribution >= 0.6 is 0 Å². The van der Waals surface area contributed by atoms with Crippen LogP contribution in [0.3, 0.4) is 0 Å². The van der Waals surface area contributed by atoms with E-state index in [4.69, 9.17) is 9.84 Å². The summed E-state index contributed by atoms with van der Waals surface area (Å²) in [7, 11) is 1.77. The Kier molecular flexibility index (Phi) is 3.50. The lowest BCUT2D eigenvalue weighted by Crippen LogP contribution is -2.32. The van der Waals surface area contributed by atoms with Crippen molar-refractivity contribution >= 4 is 5.97 Å². The molecule has 92 valence electrons. The predicted molar refractivity (Wildman–Crippen MR) is 60.3 cm³/mol. The van der Waals surface area contributed by atoms with Crippen molar-refractivity contribution < 1.29 is 14.6 Å². The summed E-state index contributed by atoms with van der Waals surface area (Å²) in [6.45, 7) is 3.62. The average molecular weight is 227 g/mol. The number of ether oxygens (including phenoxy) is 1. The Morgan fingerprint density at radius 3 is 3.12 bits per heavy atom. The zero-order chi connectivity index (χ0) is 11.6. The molecule has 4 heteroatoms. The van der Waals surface area contributed by atoms with E-state index < -0.39 is 5.97 Å². The SMILES string of the molecule is COCC12CCCC1CN(CCC(=O)O)C2. The summed E-state index contributed by atoms with van der Waals surface area (Å²) in [4.78, 5) is 12.9. The van der Waals surface area contributed by atoms with E-state index in [1.54, 1.807) is 7.11 Å². The number of carboxylic acid groups (broad SMARTS) is 1. The fourth-order valence-corrected chi connectivity index (χ4v) is 3.47. The van der Waals surface area contributed by atoms with Crippen LogP contribution in [0.2, 0.25) is 0 Å². The topological polar surface area (TPSA) is 49.8 Å². The van der Waals surface area contributed by atoms with Crippen molar-refractivity contribution in [2.75, 3.05) is 33.4 Å². The zero-order valence-corrected chi connectivity index (χ0v) is 9.95. The van der Waals surface area contributed by atoms with E-state index in [-0.39, 0.29) is 6.42 Å². The molecule has 2 rings (SSSR count). The number of fused-ring (bicyclic) bond motifs is 1. The van der Waals surface area contributed by atoms with Gasteiger partial charge in [-0.05, 0) is 18.8 Å². The summed E-state index contributed by atoms with van der Waals surface area (Å²) < 4.78 is 5.36. The van der Waals surface area contributed by atoms with E-state index in [2.05, 4.69) is 4.90 Å². The number of carboxylic acids is 1. The van der Waals surface area contributed by atoms with Gasteiger partial charge in [0, 0.05) is 32.2 Å². The van der Waals surface area contributed by atoms with Gasteiger partial charge in [-0.2, -0.15) is 0 Å². The van der Waals surface area contributed by atoms with Gasteiger partial charge in [0.15, 0.2) is 0 Å². The molecule has 1 saturated carbocycles. The van der Waals surface area contributed by atoms with Crippen LogP contribution in [0.5, 0.6) is 0 Å². The maximum atomic E-state index is 10.6. The van der Waals surface area contributed by atoms with Crippen LogP contribution in [0, 0.1) is 11.3 Å². The van der Waals surface area contributed by atoms with Gasteiger partial charge in [-0.25, -0.2) is 0 Å². The van der Waals surface area contributed by atoms with E-state index in [0.29, 0.717) is 12.0 Å². The predicted octanol–water partition coefficient (Wildman–Crippen LogP) is 1.21. The summed E-state index contributed by atoms with van der Waals surface area (Å²) in [6, 6.07) is 0. The van der Waals surface area contributed by atoms with Crippen LogP contribution in [0.15, 0.2) is 0 Å². The highest BCUT2D eigenvalue weighted by Gasteiger charge is 2.49. The quantitative estimate of drug-likeness (QED) is 0.767. The van der Waals surface area contributed by atoms with E-state index >= 15 is 0 Å². The summed E-state index contributed by atoms with van der Waals surface area (Å²) in [5.74, 6) is 0.0269. The number of rotatable bonds is 5. The van der Waals surface area contributed by atoms with Crippen molar-refractivity contribution in [2.24, 2.45) is 11.3 Å². The van der Waals surface area contributed by atoms with E-state index in [9.17, 15) is 4.79 Å². The van der Waals surface area contributed by atoms with Crippen molar-refractivity contribution in [3.05, 3.63) is 0 Å². The first-order valence-corrected chi connectivity index (χ1v) is 6.09. The number of nitrogens with zero attached hydrogens (tertiary/aromatic N) is 1. The minimum atomic E-state index is -0.696. The second-order valence-corrected chi connectivity index (χ2v) is 5.26. The lowest BCUT2D eigenvalue weighted by molar-refractivity contribution is -0.137. The van der Waals surface area contributed by atoms with E-state index in [1.165, 1.54) is 19.3 Å². The Morgan fingerprint density at radius 2 is 2.44 bits per heavy atom.